The Labute approximate surface area is 118 Å². The monoisotopic (exact) mass is 401 g/mol. The summed E-state index contributed by atoms with van der Waals surface area (Å²) >= 11 is 0. The van der Waals surface area contributed by atoms with Crippen molar-refractivity contribution in [2.24, 2.45) is 0 Å². The Hall–Kier alpha value is 0.540. The van der Waals surface area contributed by atoms with Gasteiger partial charge in [0.05, 0.1) is 0 Å². The summed E-state index contributed by atoms with van der Waals surface area (Å²) in [4.78, 5) is 0. The molecular weight excluding hydrogens is 371 g/mol. The van der Waals surface area contributed by atoms with Crippen LogP contribution in [0.4, 0.5) is 0 Å². The van der Waals surface area contributed by atoms with Gasteiger partial charge in [0, 0.05) is 0 Å². The molecule has 0 amide bonds. The van der Waals surface area contributed by atoms with E-state index in [4.69, 9.17) is 28.7 Å². The molecule has 0 saturated heterocycles. The summed E-state index contributed by atoms with van der Waals surface area (Å²) in [6.45, 7) is 11.5. The Kier molecular flexibility index (Phi) is 241. The molecule has 0 aliphatic heterocycles. The molecule has 0 bridgehead atoms. The quantitative estimate of drug-likeness (QED) is 0.524. The van der Waals surface area contributed by atoms with Gasteiger partial charge in [-0.2, -0.15) is 32.7 Å². The van der Waals surface area contributed by atoms with Crippen LogP contribution in [0.1, 0.15) is 34.6 Å². The maximum atomic E-state index is 6.21. The largest absolute Gasteiger partial charge is 5.00 e. The van der Waals surface area contributed by atoms with Crippen LogP contribution in [-0.4, -0.2) is 32.7 Å². The normalized spacial score (nSPS) is 5.62. The van der Waals surface area contributed by atoms with Gasteiger partial charge < -0.3 is 28.7 Å². The van der Waals surface area contributed by atoms with E-state index in [0.29, 0.717) is 32.7 Å². The molecule has 0 fully saturated rings. The van der Waals surface area contributed by atoms with Crippen molar-refractivity contribution in [1.29, 1.82) is 0 Å². The number of rotatable bonds is 0. The first-order valence-corrected chi connectivity index (χ1v) is 5.30. The van der Waals surface area contributed by atoms with Crippen LogP contribution in [0.2, 0.25) is 0 Å². The minimum absolute atomic E-state index is 0. The second-order valence-electron chi connectivity index (χ2n) is 1.77. The molecular formula is C10H30N5Ta. The van der Waals surface area contributed by atoms with E-state index in [9.17, 15) is 0 Å². The number of hydrogen-bond donors (Lipinski definition) is 0. The maximum absolute atomic E-state index is 6.21. The molecule has 100 valence electrons. The molecule has 0 aromatic rings. The van der Waals surface area contributed by atoms with Gasteiger partial charge in [-0.05, 0) is 0 Å². The van der Waals surface area contributed by atoms with Crippen molar-refractivity contribution in [3.63, 3.8) is 0 Å². The second kappa shape index (κ2) is 107. The summed E-state index contributed by atoms with van der Waals surface area (Å²) in [6.07, 6.45) is 0. The molecule has 0 radical (unpaired) electrons. The Morgan fingerprint density at radius 2 is 0.438 bits per heavy atom. The van der Waals surface area contributed by atoms with Crippen molar-refractivity contribution in [2.75, 3.05) is 32.7 Å². The number of hydrogen-bond acceptors (Lipinski definition) is 0. The van der Waals surface area contributed by atoms with Gasteiger partial charge in [-0.25, -0.2) is 0 Å². The van der Waals surface area contributed by atoms with Gasteiger partial charge in [-0.1, -0.05) is 34.6 Å². The smallest absolute Gasteiger partial charge is 0.678 e. The summed E-state index contributed by atoms with van der Waals surface area (Å²) in [7, 11) is 0. The zero-order valence-corrected chi connectivity index (χ0v) is 14.7. The van der Waals surface area contributed by atoms with Crippen LogP contribution in [0, 0.1) is 0 Å². The third-order valence-corrected chi connectivity index (χ3v) is 0. The van der Waals surface area contributed by atoms with Gasteiger partial charge in [0.25, 0.3) is 0 Å². The van der Waals surface area contributed by atoms with Crippen molar-refractivity contribution in [2.45, 2.75) is 34.6 Å². The summed E-state index contributed by atoms with van der Waals surface area (Å²) in [5, 5.41) is 0. The third-order valence-electron chi connectivity index (χ3n) is 0. The van der Waals surface area contributed by atoms with E-state index < -0.39 is 0 Å². The van der Waals surface area contributed by atoms with Crippen molar-refractivity contribution >= 4 is 0 Å². The van der Waals surface area contributed by atoms with Gasteiger partial charge in [0.15, 0.2) is 0 Å². The summed E-state index contributed by atoms with van der Waals surface area (Å²) < 4.78 is 0. The van der Waals surface area contributed by atoms with Crippen LogP contribution in [-0.2, 0) is 22.4 Å². The zero-order valence-electron chi connectivity index (χ0n) is 11.5. The summed E-state index contributed by atoms with van der Waals surface area (Å²) in [6, 6.07) is 0. The molecule has 0 spiro atoms. The predicted octanol–water partition coefficient (Wildman–Crippen LogP) is 5.29. The van der Waals surface area contributed by atoms with Gasteiger partial charge in [-0.15, -0.1) is 0 Å². The number of nitrogens with one attached hydrogen (secondary N) is 5. The molecule has 0 atom stereocenters. The van der Waals surface area contributed by atoms with Crippen LogP contribution in [0.25, 0.3) is 28.7 Å². The van der Waals surface area contributed by atoms with Gasteiger partial charge in [-0.3, -0.25) is 0 Å². The summed E-state index contributed by atoms with van der Waals surface area (Å²) in [5.74, 6) is 0. The first-order valence-electron chi connectivity index (χ1n) is 5.30. The molecule has 0 heterocycles. The van der Waals surface area contributed by atoms with E-state index in [1.54, 1.807) is 34.6 Å². The zero-order chi connectivity index (χ0) is 13.5. The second-order valence-corrected chi connectivity index (χ2v) is 1.77. The molecule has 0 rings (SSSR count). The molecule has 0 aromatic heterocycles. The Bertz CT molecular complexity index is 30.8. The summed E-state index contributed by atoms with van der Waals surface area (Å²) in [5.41, 5.74) is 31.0. The van der Waals surface area contributed by atoms with E-state index in [1.807, 2.05) is 0 Å². The van der Waals surface area contributed by atoms with E-state index in [-0.39, 0.29) is 22.4 Å². The third kappa shape index (κ3) is 9130. The standard InChI is InChI=1S/5C2H6N.Ta/c5*1-2-3;/h5*3H,2H2,1H3;/q5*-1;+5. The molecule has 6 heteroatoms. The molecule has 5 nitrogen and oxygen atoms in total. The van der Waals surface area contributed by atoms with E-state index in [2.05, 4.69) is 0 Å². The van der Waals surface area contributed by atoms with Crippen molar-refractivity contribution in [3.05, 3.63) is 28.7 Å². The van der Waals surface area contributed by atoms with Crippen molar-refractivity contribution in [3.8, 4) is 0 Å². The SMILES string of the molecule is CC[NH-].CC[NH-].CC[NH-].CC[NH-].CC[NH-].[Ta+5]. The van der Waals surface area contributed by atoms with Gasteiger partial charge >= 0.3 is 22.4 Å². The average molecular weight is 401 g/mol. The van der Waals surface area contributed by atoms with Crippen LogP contribution < -0.4 is 0 Å². The average Bonchev–Trinajstić information content (AvgIpc) is 2.09. The molecule has 0 unspecified atom stereocenters. The fourth-order valence-corrected chi connectivity index (χ4v) is 0. The van der Waals surface area contributed by atoms with Gasteiger partial charge in [0.1, 0.15) is 0 Å². The van der Waals surface area contributed by atoms with Crippen LogP contribution in [0.5, 0.6) is 0 Å². The van der Waals surface area contributed by atoms with Crippen molar-refractivity contribution in [1.82, 2.24) is 0 Å². The van der Waals surface area contributed by atoms with Crippen LogP contribution in [0.15, 0.2) is 0 Å². The fourth-order valence-electron chi connectivity index (χ4n) is 0. The van der Waals surface area contributed by atoms with E-state index in [1.165, 1.54) is 0 Å². The minimum atomic E-state index is 0. The first-order chi connectivity index (χ1) is 7.07. The molecule has 0 saturated carbocycles. The first kappa shape index (κ1) is 36.0. The van der Waals surface area contributed by atoms with Crippen molar-refractivity contribution < 1.29 is 22.4 Å². The van der Waals surface area contributed by atoms with Gasteiger partial charge in [0.2, 0.25) is 0 Å². The Balaban J connectivity index is -0.0000000192. The van der Waals surface area contributed by atoms with Crippen LogP contribution >= 0.6 is 0 Å². The minimum Gasteiger partial charge on any atom is -0.678 e. The molecule has 16 heavy (non-hydrogen) atoms. The molecule has 0 aliphatic rings. The fraction of sp³-hybridized carbons (Fsp3) is 1.00. The van der Waals surface area contributed by atoms with E-state index >= 15 is 0 Å². The van der Waals surface area contributed by atoms with E-state index in [0.717, 1.165) is 0 Å². The predicted molar refractivity (Wildman–Crippen MR) is 74.3 cm³/mol. The maximum Gasteiger partial charge on any atom is 5.00 e. The molecule has 0 aromatic carbocycles. The van der Waals surface area contributed by atoms with Crippen LogP contribution in [0.3, 0.4) is 0 Å². The topological polar surface area (TPSA) is 119 Å². The molecule has 0 aliphatic carbocycles. The Morgan fingerprint density at radius 1 is 0.438 bits per heavy atom. The molecule has 5 N–H and O–H groups in total. The Morgan fingerprint density at radius 3 is 0.438 bits per heavy atom.